The van der Waals surface area contributed by atoms with Crippen molar-refractivity contribution in [3.05, 3.63) is 35.9 Å². The summed E-state index contributed by atoms with van der Waals surface area (Å²) in [4.78, 5) is 4.04. The molecule has 0 saturated carbocycles. The second-order valence-corrected chi connectivity index (χ2v) is 7.00. The third-order valence-corrected chi connectivity index (χ3v) is 4.46. The normalized spacial score (nSPS) is 13.4. The monoisotopic (exact) mass is 304 g/mol. The molecule has 0 heterocycles. The van der Waals surface area contributed by atoms with E-state index in [4.69, 9.17) is 11.0 Å². The maximum Gasteiger partial charge on any atom is 0.103 e. The molecule has 22 heavy (non-hydrogen) atoms. The Balaban J connectivity index is 0.000000472. The summed E-state index contributed by atoms with van der Waals surface area (Å²) in [6.45, 7) is 8.08. The van der Waals surface area contributed by atoms with Gasteiger partial charge in [-0.05, 0) is 61.4 Å². The van der Waals surface area contributed by atoms with E-state index in [-0.39, 0.29) is 17.1 Å². The van der Waals surface area contributed by atoms with Crippen molar-refractivity contribution in [2.45, 2.75) is 44.8 Å². The molecule has 0 aliphatic rings. The van der Waals surface area contributed by atoms with Crippen molar-refractivity contribution >= 4 is 0 Å². The van der Waals surface area contributed by atoms with Crippen LogP contribution in [0, 0.1) is 11.3 Å². The summed E-state index contributed by atoms with van der Waals surface area (Å²) < 4.78 is 0. The van der Waals surface area contributed by atoms with E-state index in [9.17, 15) is 0 Å². The molecule has 0 aromatic heterocycles. The Labute approximate surface area is 136 Å². The summed E-state index contributed by atoms with van der Waals surface area (Å²) in [5.74, 6) is 0. The quantitative estimate of drug-likeness (QED) is 0.929. The average molecular weight is 304 g/mol. The van der Waals surface area contributed by atoms with Crippen LogP contribution in [0.3, 0.4) is 0 Å². The van der Waals surface area contributed by atoms with Crippen molar-refractivity contribution in [3.8, 4) is 6.07 Å². The summed E-state index contributed by atoms with van der Waals surface area (Å²) >= 11 is 0. The van der Waals surface area contributed by atoms with Crippen molar-refractivity contribution in [2.24, 2.45) is 5.73 Å². The molecule has 0 fully saturated rings. The fraction of sp³-hybridized carbons (Fsp3) is 0.611. The zero-order chi connectivity index (χ0) is 17.6. The van der Waals surface area contributed by atoms with Crippen LogP contribution in [0.5, 0.6) is 0 Å². The molecule has 4 nitrogen and oxygen atoms in total. The molecule has 1 unspecified atom stereocenters. The van der Waals surface area contributed by atoms with E-state index in [2.05, 4.69) is 51.0 Å². The van der Waals surface area contributed by atoms with Crippen LogP contribution < -0.4 is 5.73 Å². The van der Waals surface area contributed by atoms with Gasteiger partial charge >= 0.3 is 0 Å². The van der Waals surface area contributed by atoms with Gasteiger partial charge in [0.15, 0.2) is 0 Å². The van der Waals surface area contributed by atoms with Crippen molar-refractivity contribution in [1.82, 2.24) is 9.80 Å². The molecule has 0 spiro atoms. The van der Waals surface area contributed by atoms with Gasteiger partial charge in [-0.2, -0.15) is 5.26 Å². The van der Waals surface area contributed by atoms with Gasteiger partial charge in [0.1, 0.15) is 5.54 Å². The molecule has 2 N–H and O–H groups in total. The Morgan fingerprint density at radius 2 is 1.41 bits per heavy atom. The zero-order valence-electron chi connectivity index (χ0n) is 15.4. The van der Waals surface area contributed by atoms with Gasteiger partial charge in [-0.25, -0.2) is 0 Å². The zero-order valence-corrected chi connectivity index (χ0v) is 15.4. The lowest BCUT2D eigenvalue weighted by atomic mass is 9.88. The standard InChI is InChI=1S/C12H20N2.C6H12N2/c1-12(2,14(3)4)11(13)10-8-6-5-7-9-10;1-6(2,5-7)8(3)4/h5-9,11H,13H2,1-4H3;1-4H3. The van der Waals surface area contributed by atoms with Crippen LogP contribution in [0.2, 0.25) is 0 Å². The highest BCUT2D eigenvalue weighted by Gasteiger charge is 2.29. The fourth-order valence-electron chi connectivity index (χ4n) is 1.45. The molecule has 1 aromatic carbocycles. The van der Waals surface area contributed by atoms with E-state index in [0.29, 0.717) is 0 Å². The third-order valence-electron chi connectivity index (χ3n) is 4.46. The molecule has 4 heteroatoms. The van der Waals surface area contributed by atoms with Gasteiger partial charge in [0.25, 0.3) is 0 Å². The first-order valence-corrected chi connectivity index (χ1v) is 7.53. The molecule has 0 amide bonds. The Morgan fingerprint density at radius 3 is 1.68 bits per heavy atom. The van der Waals surface area contributed by atoms with Gasteiger partial charge in [-0.3, -0.25) is 4.90 Å². The van der Waals surface area contributed by atoms with Gasteiger partial charge in [0.2, 0.25) is 0 Å². The van der Waals surface area contributed by atoms with Crippen molar-refractivity contribution in [2.75, 3.05) is 28.2 Å². The molecule has 1 rings (SSSR count). The Bertz CT molecular complexity index is 470. The van der Waals surface area contributed by atoms with E-state index >= 15 is 0 Å². The number of nitriles is 1. The first kappa shape index (κ1) is 20.6. The number of likely N-dealkylation sites (N-methyl/N-ethyl adjacent to an activating group) is 1. The minimum atomic E-state index is -0.319. The minimum Gasteiger partial charge on any atom is -0.322 e. The maximum atomic E-state index is 8.47. The molecular weight excluding hydrogens is 272 g/mol. The predicted molar refractivity (Wildman–Crippen MR) is 94.5 cm³/mol. The highest BCUT2D eigenvalue weighted by atomic mass is 15.2. The summed E-state index contributed by atoms with van der Waals surface area (Å²) in [6, 6.07) is 12.4. The van der Waals surface area contributed by atoms with E-state index in [1.54, 1.807) is 0 Å². The second kappa shape index (κ2) is 8.28. The highest BCUT2D eigenvalue weighted by Crippen LogP contribution is 2.26. The summed E-state index contributed by atoms with van der Waals surface area (Å²) in [5.41, 5.74) is 7.07. The maximum absolute atomic E-state index is 8.47. The van der Waals surface area contributed by atoms with Crippen LogP contribution in [0.15, 0.2) is 30.3 Å². The number of nitrogens with zero attached hydrogens (tertiary/aromatic N) is 3. The van der Waals surface area contributed by atoms with Crippen LogP contribution in [0.25, 0.3) is 0 Å². The number of nitrogens with two attached hydrogens (primary N) is 1. The lowest BCUT2D eigenvalue weighted by Crippen LogP contribution is -2.47. The van der Waals surface area contributed by atoms with Crippen molar-refractivity contribution in [3.63, 3.8) is 0 Å². The van der Waals surface area contributed by atoms with Gasteiger partial charge in [-0.1, -0.05) is 30.3 Å². The van der Waals surface area contributed by atoms with Gasteiger partial charge in [0.05, 0.1) is 6.07 Å². The van der Waals surface area contributed by atoms with Crippen molar-refractivity contribution in [1.29, 1.82) is 5.26 Å². The summed E-state index contributed by atoms with van der Waals surface area (Å²) in [7, 11) is 7.90. The predicted octanol–water partition coefficient (Wildman–Crippen LogP) is 2.88. The van der Waals surface area contributed by atoms with Crippen molar-refractivity contribution < 1.29 is 0 Å². The van der Waals surface area contributed by atoms with E-state index < -0.39 is 0 Å². The van der Waals surface area contributed by atoms with Gasteiger partial charge in [-0.15, -0.1) is 0 Å². The number of hydrogen-bond acceptors (Lipinski definition) is 4. The third kappa shape index (κ3) is 5.76. The Kier molecular flexibility index (Phi) is 7.75. The summed E-state index contributed by atoms with van der Waals surface area (Å²) in [6.07, 6.45) is 0. The average Bonchev–Trinajstić information content (AvgIpc) is 2.47. The number of rotatable bonds is 4. The fourth-order valence-corrected chi connectivity index (χ4v) is 1.45. The molecular formula is C18H32N4. The first-order valence-electron chi connectivity index (χ1n) is 7.53. The molecule has 0 radical (unpaired) electrons. The molecule has 0 aliphatic carbocycles. The van der Waals surface area contributed by atoms with E-state index in [0.717, 1.165) is 0 Å². The van der Waals surface area contributed by atoms with Gasteiger partial charge in [0, 0.05) is 11.6 Å². The van der Waals surface area contributed by atoms with Crippen LogP contribution in [0.4, 0.5) is 0 Å². The topological polar surface area (TPSA) is 56.3 Å². The first-order chi connectivity index (χ1) is 9.96. The van der Waals surface area contributed by atoms with Crippen LogP contribution in [-0.4, -0.2) is 49.1 Å². The molecule has 0 aliphatic heterocycles. The van der Waals surface area contributed by atoms with E-state index in [1.807, 2.05) is 51.0 Å². The molecule has 1 aromatic rings. The van der Waals surface area contributed by atoms with Crippen LogP contribution in [-0.2, 0) is 0 Å². The number of benzene rings is 1. The largest absolute Gasteiger partial charge is 0.322 e. The smallest absolute Gasteiger partial charge is 0.103 e. The van der Waals surface area contributed by atoms with Gasteiger partial charge < -0.3 is 10.6 Å². The Morgan fingerprint density at radius 1 is 0.955 bits per heavy atom. The molecule has 124 valence electrons. The lowest BCUT2D eigenvalue weighted by molar-refractivity contribution is 0.159. The lowest BCUT2D eigenvalue weighted by Gasteiger charge is -2.38. The molecule has 1 atom stereocenters. The minimum absolute atomic E-state index is 0.0264. The highest BCUT2D eigenvalue weighted by molar-refractivity contribution is 5.21. The van der Waals surface area contributed by atoms with Crippen LogP contribution in [0.1, 0.15) is 39.3 Å². The van der Waals surface area contributed by atoms with Crippen LogP contribution >= 0.6 is 0 Å². The second-order valence-electron chi connectivity index (χ2n) is 7.00. The SMILES string of the molecule is CN(C)C(C)(C)C#N.CN(C)C(C)(C)C(N)c1ccccc1. The molecule has 0 saturated heterocycles. The van der Waals surface area contributed by atoms with E-state index in [1.165, 1.54) is 5.56 Å². The molecule has 0 bridgehead atoms. The summed E-state index contributed by atoms with van der Waals surface area (Å²) in [5, 5.41) is 8.47. The Hall–Kier alpha value is -1.41. The number of hydrogen-bond donors (Lipinski definition) is 1.